The molecule has 2 aromatic heterocycles. The zero-order valence-corrected chi connectivity index (χ0v) is 17.7. The Balaban J connectivity index is 1.62. The van der Waals surface area contributed by atoms with Crippen molar-refractivity contribution in [3.8, 4) is 11.1 Å². The van der Waals surface area contributed by atoms with Crippen LogP contribution >= 0.6 is 11.3 Å². The molecule has 0 aliphatic carbocycles. The molecule has 1 amide bonds. The first kappa shape index (κ1) is 20.9. The highest BCUT2D eigenvalue weighted by atomic mass is 32.1. The minimum atomic E-state index is -0.359. The molecule has 0 spiro atoms. The van der Waals surface area contributed by atoms with Crippen molar-refractivity contribution in [3.05, 3.63) is 87.8 Å². The van der Waals surface area contributed by atoms with E-state index in [1.165, 1.54) is 51.4 Å². The van der Waals surface area contributed by atoms with Crippen LogP contribution in [0.15, 0.2) is 65.0 Å². The fourth-order valence-corrected chi connectivity index (χ4v) is 4.27. The van der Waals surface area contributed by atoms with Gasteiger partial charge in [0, 0.05) is 18.0 Å². The van der Waals surface area contributed by atoms with Gasteiger partial charge in [-0.3, -0.25) is 14.2 Å². The molecule has 0 radical (unpaired) electrons. The van der Waals surface area contributed by atoms with Crippen LogP contribution in [0.1, 0.15) is 18.5 Å². The highest BCUT2D eigenvalue weighted by molar-refractivity contribution is 7.17. The first-order valence-corrected chi connectivity index (χ1v) is 10.5. The fourth-order valence-electron chi connectivity index (χ4n) is 3.36. The third-order valence-electron chi connectivity index (χ3n) is 5.35. The summed E-state index contributed by atoms with van der Waals surface area (Å²) >= 11 is 1.32. The number of aromatic nitrogens is 2. The lowest BCUT2D eigenvalue weighted by Crippen LogP contribution is -2.35. The van der Waals surface area contributed by atoms with Crippen LogP contribution in [-0.2, 0) is 11.3 Å². The van der Waals surface area contributed by atoms with E-state index in [4.69, 9.17) is 0 Å². The molecule has 0 aliphatic heterocycles. The number of likely N-dealkylation sites (N-methyl/N-ethyl adjacent to an activating group) is 1. The first-order chi connectivity index (χ1) is 14.8. The van der Waals surface area contributed by atoms with Crippen molar-refractivity contribution in [2.24, 2.45) is 0 Å². The third-order valence-corrected chi connectivity index (χ3v) is 6.23. The lowest BCUT2D eigenvalue weighted by molar-refractivity contribution is -0.132. The maximum Gasteiger partial charge on any atom is 0.263 e. The Morgan fingerprint density at radius 1 is 1.10 bits per heavy atom. The predicted octanol–water partition coefficient (Wildman–Crippen LogP) is 4.62. The second-order valence-electron chi connectivity index (χ2n) is 7.25. The van der Waals surface area contributed by atoms with Gasteiger partial charge < -0.3 is 4.90 Å². The predicted molar refractivity (Wildman–Crippen MR) is 117 cm³/mol. The van der Waals surface area contributed by atoms with Crippen LogP contribution in [0.3, 0.4) is 0 Å². The summed E-state index contributed by atoms with van der Waals surface area (Å²) in [5, 5.41) is 2.21. The number of amides is 1. The molecule has 0 saturated heterocycles. The third kappa shape index (κ3) is 4.11. The monoisotopic (exact) mass is 439 g/mol. The average molecular weight is 439 g/mol. The molecule has 0 saturated carbocycles. The molecule has 4 aromatic rings. The topological polar surface area (TPSA) is 55.2 Å². The highest BCUT2D eigenvalue weighted by Crippen LogP contribution is 2.30. The van der Waals surface area contributed by atoms with E-state index in [-0.39, 0.29) is 35.7 Å². The molecule has 4 rings (SSSR count). The maximum atomic E-state index is 13.3. The van der Waals surface area contributed by atoms with Crippen LogP contribution in [0.25, 0.3) is 21.3 Å². The van der Waals surface area contributed by atoms with Crippen molar-refractivity contribution in [3.63, 3.8) is 0 Å². The molecular formula is C23H19F2N3O2S. The summed E-state index contributed by atoms with van der Waals surface area (Å²) in [6.07, 6.45) is 1.36. The molecule has 0 bridgehead atoms. The number of carbonyl (C=O) groups excluding carboxylic acids is 1. The van der Waals surface area contributed by atoms with Crippen LogP contribution < -0.4 is 5.56 Å². The molecule has 8 heteroatoms. The van der Waals surface area contributed by atoms with Gasteiger partial charge in [0.1, 0.15) is 23.0 Å². The molecule has 1 unspecified atom stereocenters. The van der Waals surface area contributed by atoms with Gasteiger partial charge in [0.25, 0.3) is 5.56 Å². The van der Waals surface area contributed by atoms with E-state index < -0.39 is 0 Å². The normalized spacial score (nSPS) is 12.1. The summed E-state index contributed by atoms with van der Waals surface area (Å²) in [6.45, 7) is 1.66. The molecule has 2 heterocycles. The summed E-state index contributed by atoms with van der Waals surface area (Å²) in [4.78, 5) is 32.4. The number of halogens is 2. The highest BCUT2D eigenvalue weighted by Gasteiger charge is 2.20. The Morgan fingerprint density at radius 3 is 2.35 bits per heavy atom. The van der Waals surface area contributed by atoms with Gasteiger partial charge in [-0.15, -0.1) is 11.3 Å². The molecule has 158 valence electrons. The van der Waals surface area contributed by atoms with E-state index >= 15 is 0 Å². The molecule has 0 fully saturated rings. The van der Waals surface area contributed by atoms with Crippen molar-refractivity contribution in [1.29, 1.82) is 0 Å². The van der Waals surface area contributed by atoms with E-state index in [0.29, 0.717) is 21.3 Å². The second-order valence-corrected chi connectivity index (χ2v) is 8.10. The zero-order valence-electron chi connectivity index (χ0n) is 16.9. The van der Waals surface area contributed by atoms with Crippen LogP contribution in [0.2, 0.25) is 0 Å². The van der Waals surface area contributed by atoms with Gasteiger partial charge in [-0.25, -0.2) is 13.8 Å². The minimum absolute atomic E-state index is 0.178. The summed E-state index contributed by atoms with van der Waals surface area (Å²) < 4.78 is 27.7. The van der Waals surface area contributed by atoms with Gasteiger partial charge in [0.2, 0.25) is 5.91 Å². The van der Waals surface area contributed by atoms with Crippen molar-refractivity contribution >= 4 is 27.5 Å². The fraction of sp³-hybridized carbons (Fsp3) is 0.174. The van der Waals surface area contributed by atoms with Crippen LogP contribution in [0.4, 0.5) is 8.78 Å². The number of benzene rings is 2. The van der Waals surface area contributed by atoms with E-state index in [0.717, 1.165) is 5.56 Å². The van der Waals surface area contributed by atoms with Crippen molar-refractivity contribution in [2.75, 3.05) is 7.05 Å². The molecular weight excluding hydrogens is 420 g/mol. The van der Waals surface area contributed by atoms with Gasteiger partial charge in [-0.1, -0.05) is 24.3 Å². The van der Waals surface area contributed by atoms with Gasteiger partial charge in [0.15, 0.2) is 0 Å². The second kappa shape index (κ2) is 8.39. The first-order valence-electron chi connectivity index (χ1n) is 9.59. The Kier molecular flexibility index (Phi) is 5.65. The van der Waals surface area contributed by atoms with E-state index in [1.54, 1.807) is 36.7 Å². The number of carbonyl (C=O) groups is 1. The van der Waals surface area contributed by atoms with Crippen molar-refractivity contribution in [2.45, 2.75) is 19.5 Å². The van der Waals surface area contributed by atoms with E-state index in [1.807, 2.05) is 6.92 Å². The molecule has 31 heavy (non-hydrogen) atoms. The van der Waals surface area contributed by atoms with Crippen molar-refractivity contribution in [1.82, 2.24) is 14.5 Å². The molecule has 1 atom stereocenters. The minimum Gasteiger partial charge on any atom is -0.337 e. The lowest BCUT2D eigenvalue weighted by Gasteiger charge is -2.25. The van der Waals surface area contributed by atoms with Crippen LogP contribution in [0.5, 0.6) is 0 Å². The van der Waals surface area contributed by atoms with Crippen LogP contribution in [0, 0.1) is 11.6 Å². The largest absolute Gasteiger partial charge is 0.337 e. The molecule has 5 nitrogen and oxygen atoms in total. The van der Waals surface area contributed by atoms with Crippen LogP contribution in [-0.4, -0.2) is 27.4 Å². The Bertz CT molecular complexity index is 1300. The Hall–Kier alpha value is -3.39. The summed E-state index contributed by atoms with van der Waals surface area (Å²) in [6, 6.07) is 11.5. The molecule has 0 aliphatic rings. The molecule has 2 aromatic carbocycles. The summed E-state index contributed by atoms with van der Waals surface area (Å²) in [7, 11) is 1.64. The number of thiophene rings is 1. The number of hydrogen-bond acceptors (Lipinski definition) is 4. The van der Waals surface area contributed by atoms with E-state index in [9.17, 15) is 18.4 Å². The Morgan fingerprint density at radius 2 is 1.71 bits per heavy atom. The van der Waals surface area contributed by atoms with Gasteiger partial charge >= 0.3 is 0 Å². The van der Waals surface area contributed by atoms with Crippen molar-refractivity contribution < 1.29 is 13.6 Å². The number of nitrogens with zero attached hydrogens (tertiary/aromatic N) is 3. The molecule has 0 N–H and O–H groups in total. The smallest absolute Gasteiger partial charge is 0.263 e. The summed E-state index contributed by atoms with van der Waals surface area (Å²) in [5.74, 6) is -0.982. The average Bonchev–Trinajstić information content (AvgIpc) is 3.20. The SMILES string of the molecule is CC(c1ccc(F)cc1)N(C)C(=O)Cn1cnc2scc(-c3ccc(F)cc3)c2c1=O. The number of fused-ring (bicyclic) bond motifs is 1. The lowest BCUT2D eigenvalue weighted by atomic mass is 10.1. The quantitative estimate of drug-likeness (QED) is 0.456. The zero-order chi connectivity index (χ0) is 22.1. The van der Waals surface area contributed by atoms with Gasteiger partial charge in [-0.05, 0) is 42.3 Å². The van der Waals surface area contributed by atoms with E-state index in [2.05, 4.69) is 4.98 Å². The summed E-state index contributed by atoms with van der Waals surface area (Å²) in [5.41, 5.74) is 1.82. The number of rotatable bonds is 5. The van der Waals surface area contributed by atoms with Gasteiger partial charge in [-0.2, -0.15) is 0 Å². The Labute approximate surface area is 181 Å². The standard InChI is InChI=1S/C23H19F2N3O2S/c1-14(15-3-7-17(24)8-4-15)27(2)20(29)11-28-13-26-22-21(23(28)30)19(12-31-22)16-5-9-18(25)10-6-16/h3-10,12-14H,11H2,1-2H3. The maximum absolute atomic E-state index is 13.3. The number of hydrogen-bond donors (Lipinski definition) is 0. The van der Waals surface area contributed by atoms with Gasteiger partial charge in [0.05, 0.1) is 17.8 Å².